The first-order valence-electron chi connectivity index (χ1n) is 7.48. The third-order valence-electron chi connectivity index (χ3n) is 3.96. The number of ether oxygens (including phenoxy) is 2. The number of hydrogen-bond donors (Lipinski definition) is 2. The van der Waals surface area contributed by atoms with E-state index < -0.39 is 0 Å². The highest BCUT2D eigenvalue weighted by molar-refractivity contribution is 5.76. The maximum atomic E-state index is 11.9. The first kappa shape index (κ1) is 14.8. The van der Waals surface area contributed by atoms with Crippen LogP contribution in [0.4, 0.5) is 0 Å². The monoisotopic (exact) mass is 270 g/mol. The lowest BCUT2D eigenvalue weighted by atomic mass is 10.00. The molecule has 5 heteroatoms. The highest BCUT2D eigenvalue weighted by Crippen LogP contribution is 2.11. The van der Waals surface area contributed by atoms with E-state index in [1.807, 2.05) is 0 Å². The zero-order valence-electron chi connectivity index (χ0n) is 11.8. The zero-order chi connectivity index (χ0) is 13.5. The van der Waals surface area contributed by atoms with Gasteiger partial charge in [0.25, 0.3) is 0 Å². The van der Waals surface area contributed by atoms with Gasteiger partial charge in [0.15, 0.2) is 0 Å². The molecule has 110 valence electrons. The Labute approximate surface area is 115 Å². The molecule has 2 aliphatic heterocycles. The number of amides is 1. The molecule has 0 aromatic heterocycles. The lowest BCUT2D eigenvalue weighted by molar-refractivity contribution is -0.124. The van der Waals surface area contributed by atoms with Crippen LogP contribution in [0.25, 0.3) is 0 Å². The molecule has 19 heavy (non-hydrogen) atoms. The topological polar surface area (TPSA) is 59.6 Å². The molecule has 0 bridgehead atoms. The van der Waals surface area contributed by atoms with Crippen molar-refractivity contribution in [3.8, 4) is 0 Å². The van der Waals surface area contributed by atoms with Crippen molar-refractivity contribution in [2.75, 3.05) is 26.4 Å². The van der Waals surface area contributed by atoms with Crippen molar-refractivity contribution in [3.05, 3.63) is 0 Å². The van der Waals surface area contributed by atoms with Crippen LogP contribution in [0.1, 0.15) is 39.0 Å². The summed E-state index contributed by atoms with van der Waals surface area (Å²) in [6, 6.07) is 0.637. The van der Waals surface area contributed by atoms with Gasteiger partial charge in [0.2, 0.25) is 5.91 Å². The van der Waals surface area contributed by atoms with Gasteiger partial charge in [-0.2, -0.15) is 0 Å². The lowest BCUT2D eigenvalue weighted by Crippen LogP contribution is -2.52. The fourth-order valence-corrected chi connectivity index (χ4v) is 2.68. The second-order valence-electron chi connectivity index (χ2n) is 5.49. The summed E-state index contributed by atoms with van der Waals surface area (Å²) >= 11 is 0. The highest BCUT2D eigenvalue weighted by Gasteiger charge is 2.22. The van der Waals surface area contributed by atoms with Gasteiger partial charge in [-0.25, -0.2) is 0 Å². The SMILES string of the molecule is CC1NCCCC1NC(=O)CCOC1CCOCC1. The molecule has 2 aliphatic rings. The quantitative estimate of drug-likeness (QED) is 0.777. The number of piperidine rings is 1. The van der Waals surface area contributed by atoms with E-state index in [2.05, 4.69) is 17.6 Å². The molecule has 0 aromatic rings. The number of carbonyl (C=O) groups is 1. The van der Waals surface area contributed by atoms with E-state index in [1.165, 1.54) is 0 Å². The standard InChI is InChI=1S/C14H26N2O3/c1-11-13(3-2-7-15-11)16-14(17)6-10-19-12-4-8-18-9-5-12/h11-13,15H,2-10H2,1H3,(H,16,17). The van der Waals surface area contributed by atoms with Gasteiger partial charge in [0, 0.05) is 31.7 Å². The van der Waals surface area contributed by atoms with Gasteiger partial charge in [0.05, 0.1) is 12.7 Å². The van der Waals surface area contributed by atoms with Crippen molar-refractivity contribution >= 4 is 5.91 Å². The molecule has 0 saturated carbocycles. The van der Waals surface area contributed by atoms with Gasteiger partial charge < -0.3 is 20.1 Å². The van der Waals surface area contributed by atoms with Crippen LogP contribution in [0, 0.1) is 0 Å². The van der Waals surface area contributed by atoms with E-state index in [0.717, 1.165) is 45.4 Å². The molecule has 5 nitrogen and oxygen atoms in total. The molecule has 0 aliphatic carbocycles. The van der Waals surface area contributed by atoms with E-state index in [1.54, 1.807) is 0 Å². The molecule has 0 spiro atoms. The van der Waals surface area contributed by atoms with E-state index in [0.29, 0.717) is 19.1 Å². The molecule has 0 radical (unpaired) electrons. The lowest BCUT2D eigenvalue weighted by Gasteiger charge is -2.30. The van der Waals surface area contributed by atoms with Crippen molar-refractivity contribution in [2.45, 2.75) is 57.2 Å². The van der Waals surface area contributed by atoms with Crippen LogP contribution in [-0.4, -0.2) is 50.5 Å². The summed E-state index contributed by atoms with van der Waals surface area (Å²) in [5.41, 5.74) is 0. The molecule has 2 saturated heterocycles. The van der Waals surface area contributed by atoms with E-state index in [-0.39, 0.29) is 18.1 Å². The highest BCUT2D eigenvalue weighted by atomic mass is 16.5. The zero-order valence-corrected chi connectivity index (χ0v) is 11.8. The molecule has 0 aromatic carbocycles. The molecule has 1 amide bonds. The Morgan fingerprint density at radius 3 is 2.89 bits per heavy atom. The van der Waals surface area contributed by atoms with Crippen LogP contribution in [-0.2, 0) is 14.3 Å². The van der Waals surface area contributed by atoms with Gasteiger partial charge >= 0.3 is 0 Å². The summed E-state index contributed by atoms with van der Waals surface area (Å²) in [4.78, 5) is 11.9. The van der Waals surface area contributed by atoms with Crippen molar-refractivity contribution in [1.82, 2.24) is 10.6 Å². The smallest absolute Gasteiger partial charge is 0.222 e. The van der Waals surface area contributed by atoms with E-state index in [4.69, 9.17) is 9.47 Å². The van der Waals surface area contributed by atoms with Gasteiger partial charge in [-0.3, -0.25) is 4.79 Å². The fraction of sp³-hybridized carbons (Fsp3) is 0.929. The van der Waals surface area contributed by atoms with Crippen molar-refractivity contribution < 1.29 is 14.3 Å². The van der Waals surface area contributed by atoms with Crippen LogP contribution in [0.15, 0.2) is 0 Å². The number of hydrogen-bond acceptors (Lipinski definition) is 4. The third-order valence-corrected chi connectivity index (χ3v) is 3.96. The van der Waals surface area contributed by atoms with Gasteiger partial charge in [0.1, 0.15) is 0 Å². The molecular formula is C14H26N2O3. The van der Waals surface area contributed by atoms with Crippen LogP contribution in [0.3, 0.4) is 0 Å². The summed E-state index contributed by atoms with van der Waals surface area (Å²) in [6.45, 7) is 5.26. The Hall–Kier alpha value is -0.650. The summed E-state index contributed by atoms with van der Waals surface area (Å²) in [5.74, 6) is 0.104. The predicted octanol–water partition coefficient (Wildman–Crippen LogP) is 0.829. The maximum absolute atomic E-state index is 11.9. The normalized spacial score (nSPS) is 29.1. The maximum Gasteiger partial charge on any atom is 0.222 e. The average Bonchev–Trinajstić information content (AvgIpc) is 2.43. The summed E-state index contributed by atoms with van der Waals surface area (Å²) in [6.07, 6.45) is 4.84. The van der Waals surface area contributed by atoms with Crippen LogP contribution in [0.5, 0.6) is 0 Å². The fourth-order valence-electron chi connectivity index (χ4n) is 2.68. The van der Waals surface area contributed by atoms with Crippen molar-refractivity contribution in [2.24, 2.45) is 0 Å². The third kappa shape index (κ3) is 5.09. The predicted molar refractivity (Wildman–Crippen MR) is 73.0 cm³/mol. The van der Waals surface area contributed by atoms with Crippen molar-refractivity contribution in [3.63, 3.8) is 0 Å². The van der Waals surface area contributed by atoms with E-state index >= 15 is 0 Å². The number of carbonyl (C=O) groups excluding carboxylic acids is 1. The summed E-state index contributed by atoms with van der Waals surface area (Å²) in [5, 5.41) is 6.49. The first-order chi connectivity index (χ1) is 9.25. The molecule has 2 N–H and O–H groups in total. The number of rotatable bonds is 5. The van der Waals surface area contributed by atoms with Crippen LogP contribution < -0.4 is 10.6 Å². The average molecular weight is 270 g/mol. The largest absolute Gasteiger partial charge is 0.381 e. The molecular weight excluding hydrogens is 244 g/mol. The van der Waals surface area contributed by atoms with E-state index in [9.17, 15) is 4.79 Å². The molecule has 2 fully saturated rings. The Morgan fingerprint density at radius 2 is 2.16 bits per heavy atom. The Kier molecular flexibility index (Phi) is 6.07. The second kappa shape index (κ2) is 7.82. The first-order valence-corrected chi connectivity index (χ1v) is 7.48. The summed E-state index contributed by atoms with van der Waals surface area (Å²) in [7, 11) is 0. The van der Waals surface area contributed by atoms with Gasteiger partial charge in [-0.1, -0.05) is 0 Å². The van der Waals surface area contributed by atoms with Crippen molar-refractivity contribution in [1.29, 1.82) is 0 Å². The minimum atomic E-state index is 0.104. The molecule has 2 rings (SSSR count). The number of nitrogens with one attached hydrogen (secondary N) is 2. The summed E-state index contributed by atoms with van der Waals surface area (Å²) < 4.78 is 11.0. The minimum Gasteiger partial charge on any atom is -0.381 e. The Morgan fingerprint density at radius 1 is 1.37 bits per heavy atom. The van der Waals surface area contributed by atoms with Gasteiger partial charge in [-0.15, -0.1) is 0 Å². The molecule has 2 unspecified atom stereocenters. The minimum absolute atomic E-state index is 0.104. The second-order valence-corrected chi connectivity index (χ2v) is 5.49. The molecule has 2 heterocycles. The van der Waals surface area contributed by atoms with Crippen LogP contribution in [0.2, 0.25) is 0 Å². The van der Waals surface area contributed by atoms with Crippen LogP contribution >= 0.6 is 0 Å². The Bertz CT molecular complexity index is 280. The molecule has 2 atom stereocenters. The van der Waals surface area contributed by atoms with Gasteiger partial charge in [-0.05, 0) is 39.2 Å². The Balaban J connectivity index is 1.58.